The third-order valence-corrected chi connectivity index (χ3v) is 4.66. The highest BCUT2D eigenvalue weighted by molar-refractivity contribution is 5.88. The fraction of sp³-hybridized carbons (Fsp3) is 0.300. The molecule has 0 spiro atoms. The molecule has 4 heteroatoms. The Kier molecular flexibility index (Phi) is 4.65. The minimum absolute atomic E-state index is 0.179. The maximum atomic E-state index is 12.6. The van der Waals surface area contributed by atoms with E-state index in [1.807, 2.05) is 24.3 Å². The molecule has 0 aromatic heterocycles. The summed E-state index contributed by atoms with van der Waals surface area (Å²) in [6.07, 6.45) is 1.87. The molecule has 0 bridgehead atoms. The second-order valence-electron chi connectivity index (χ2n) is 6.17. The van der Waals surface area contributed by atoms with Gasteiger partial charge < -0.3 is 10.6 Å². The number of rotatable bonds is 3. The fourth-order valence-electron chi connectivity index (χ4n) is 3.60. The van der Waals surface area contributed by atoms with Gasteiger partial charge in [-0.2, -0.15) is 0 Å². The first-order chi connectivity index (χ1) is 11.6. The molecule has 0 saturated heterocycles. The van der Waals surface area contributed by atoms with Crippen molar-refractivity contribution in [2.45, 2.75) is 31.7 Å². The zero-order valence-electron chi connectivity index (χ0n) is 14.0. The van der Waals surface area contributed by atoms with Gasteiger partial charge in [-0.25, -0.2) is 0 Å². The van der Waals surface area contributed by atoms with E-state index in [-0.39, 0.29) is 17.7 Å². The second kappa shape index (κ2) is 6.87. The van der Waals surface area contributed by atoms with Gasteiger partial charge in [0.1, 0.15) is 6.04 Å². The topological polar surface area (TPSA) is 58.2 Å². The molecule has 2 aromatic rings. The molecular formula is C20H22N2O2. The Labute approximate surface area is 142 Å². The Balaban J connectivity index is 2.19. The normalized spacial score (nSPS) is 14.8. The molecule has 2 amide bonds. The summed E-state index contributed by atoms with van der Waals surface area (Å²) in [7, 11) is 1.60. The van der Waals surface area contributed by atoms with Crippen LogP contribution in [-0.2, 0) is 22.4 Å². The highest BCUT2D eigenvalue weighted by Gasteiger charge is 2.34. The summed E-state index contributed by atoms with van der Waals surface area (Å²) in [4.78, 5) is 24.3. The van der Waals surface area contributed by atoms with Gasteiger partial charge >= 0.3 is 0 Å². The first kappa shape index (κ1) is 16.2. The lowest BCUT2D eigenvalue weighted by Crippen LogP contribution is -2.49. The number of benzene rings is 2. The lowest BCUT2D eigenvalue weighted by molar-refractivity contribution is -0.128. The third-order valence-electron chi connectivity index (χ3n) is 4.66. The van der Waals surface area contributed by atoms with Crippen molar-refractivity contribution >= 4 is 11.8 Å². The fourth-order valence-corrected chi connectivity index (χ4v) is 3.60. The van der Waals surface area contributed by atoms with Crippen molar-refractivity contribution in [2.75, 3.05) is 7.05 Å². The van der Waals surface area contributed by atoms with Gasteiger partial charge in [0.25, 0.3) is 0 Å². The van der Waals surface area contributed by atoms with Gasteiger partial charge in [-0.15, -0.1) is 0 Å². The zero-order chi connectivity index (χ0) is 17.1. The Bertz CT molecular complexity index is 722. The Morgan fingerprint density at radius 3 is 1.92 bits per heavy atom. The first-order valence-electron chi connectivity index (χ1n) is 8.26. The van der Waals surface area contributed by atoms with Crippen LogP contribution in [0.1, 0.15) is 35.1 Å². The van der Waals surface area contributed by atoms with Crippen LogP contribution < -0.4 is 10.6 Å². The van der Waals surface area contributed by atoms with E-state index in [2.05, 4.69) is 34.9 Å². The van der Waals surface area contributed by atoms with Crippen LogP contribution in [0.2, 0.25) is 0 Å². The molecular weight excluding hydrogens is 300 g/mol. The molecule has 0 heterocycles. The summed E-state index contributed by atoms with van der Waals surface area (Å²) < 4.78 is 0. The summed E-state index contributed by atoms with van der Waals surface area (Å²) in [5, 5.41) is 5.55. The highest BCUT2D eigenvalue weighted by atomic mass is 16.2. The molecule has 0 fully saturated rings. The number of hydrogen-bond donors (Lipinski definition) is 2. The summed E-state index contributed by atoms with van der Waals surface area (Å²) in [5.41, 5.74) is 4.70. The van der Waals surface area contributed by atoms with Crippen LogP contribution in [0.15, 0.2) is 48.5 Å². The summed E-state index contributed by atoms with van der Waals surface area (Å²) in [6.45, 7) is 1.45. The number of carbonyl (C=O) groups is 2. The molecule has 2 aromatic carbocycles. The maximum absolute atomic E-state index is 12.6. The predicted molar refractivity (Wildman–Crippen MR) is 93.8 cm³/mol. The predicted octanol–water partition coefficient (Wildman–Crippen LogP) is 2.17. The van der Waals surface area contributed by atoms with Crippen molar-refractivity contribution in [2.24, 2.45) is 0 Å². The third kappa shape index (κ3) is 3.04. The molecule has 2 N–H and O–H groups in total. The average Bonchev–Trinajstić information content (AvgIpc) is 2.76. The van der Waals surface area contributed by atoms with Gasteiger partial charge in [-0.05, 0) is 35.1 Å². The minimum Gasteiger partial charge on any atom is -0.357 e. The number of fused-ring (bicyclic) bond motifs is 2. The van der Waals surface area contributed by atoms with Crippen LogP contribution in [0, 0.1) is 0 Å². The summed E-state index contributed by atoms with van der Waals surface area (Å²) >= 11 is 0. The van der Waals surface area contributed by atoms with Gasteiger partial charge in [0, 0.05) is 19.9 Å². The maximum Gasteiger partial charge on any atom is 0.243 e. The Morgan fingerprint density at radius 2 is 1.46 bits per heavy atom. The van der Waals surface area contributed by atoms with E-state index in [9.17, 15) is 9.59 Å². The molecule has 124 valence electrons. The molecule has 0 radical (unpaired) electrons. The van der Waals surface area contributed by atoms with E-state index in [0.29, 0.717) is 0 Å². The van der Waals surface area contributed by atoms with Gasteiger partial charge in [0.2, 0.25) is 11.8 Å². The van der Waals surface area contributed by atoms with Crippen molar-refractivity contribution < 1.29 is 9.59 Å². The monoisotopic (exact) mass is 322 g/mol. The van der Waals surface area contributed by atoms with Gasteiger partial charge in [0.05, 0.1) is 0 Å². The molecule has 0 aliphatic heterocycles. The smallest absolute Gasteiger partial charge is 0.243 e. The van der Waals surface area contributed by atoms with E-state index in [1.54, 1.807) is 7.05 Å². The lowest BCUT2D eigenvalue weighted by atomic mass is 9.82. The van der Waals surface area contributed by atoms with Crippen LogP contribution in [0.5, 0.6) is 0 Å². The van der Waals surface area contributed by atoms with Crippen LogP contribution in [0.25, 0.3) is 0 Å². The molecule has 24 heavy (non-hydrogen) atoms. The van der Waals surface area contributed by atoms with Crippen molar-refractivity contribution in [1.82, 2.24) is 10.6 Å². The highest BCUT2D eigenvalue weighted by Crippen LogP contribution is 2.36. The number of nitrogens with one attached hydrogen (secondary N) is 2. The van der Waals surface area contributed by atoms with Crippen LogP contribution in [0.4, 0.5) is 0 Å². The first-order valence-corrected chi connectivity index (χ1v) is 8.26. The van der Waals surface area contributed by atoms with Gasteiger partial charge in [0.15, 0.2) is 0 Å². The zero-order valence-corrected chi connectivity index (χ0v) is 14.0. The minimum atomic E-state index is -0.632. The SMILES string of the molecule is CNC(=O)[C@@H](NC(C)=O)C1c2ccccc2CCc2ccccc21. The van der Waals surface area contributed by atoms with E-state index >= 15 is 0 Å². The van der Waals surface area contributed by atoms with E-state index in [1.165, 1.54) is 18.1 Å². The standard InChI is InChI=1S/C20H22N2O2/c1-13(23)22-19(20(24)21-2)18-16-9-5-3-7-14(16)11-12-15-8-4-6-10-17(15)18/h3-10,18-19H,11-12H2,1-2H3,(H,21,24)(H,22,23)/t19-/m0/s1. The number of amides is 2. The van der Waals surface area contributed by atoms with Crippen LogP contribution in [-0.4, -0.2) is 24.9 Å². The van der Waals surface area contributed by atoms with Crippen molar-refractivity contribution in [3.8, 4) is 0 Å². The van der Waals surface area contributed by atoms with Crippen molar-refractivity contribution in [3.05, 3.63) is 70.8 Å². The van der Waals surface area contributed by atoms with Gasteiger partial charge in [-0.1, -0.05) is 48.5 Å². The second-order valence-corrected chi connectivity index (χ2v) is 6.17. The molecule has 0 saturated carbocycles. The van der Waals surface area contributed by atoms with Crippen LogP contribution in [0.3, 0.4) is 0 Å². The molecule has 1 atom stereocenters. The largest absolute Gasteiger partial charge is 0.357 e. The van der Waals surface area contributed by atoms with E-state index in [0.717, 1.165) is 24.0 Å². The molecule has 1 aliphatic carbocycles. The van der Waals surface area contributed by atoms with E-state index < -0.39 is 6.04 Å². The number of hydrogen-bond acceptors (Lipinski definition) is 2. The Hall–Kier alpha value is -2.62. The molecule has 3 rings (SSSR count). The molecule has 0 unspecified atom stereocenters. The van der Waals surface area contributed by atoms with Crippen LogP contribution >= 0.6 is 0 Å². The molecule has 4 nitrogen and oxygen atoms in total. The van der Waals surface area contributed by atoms with E-state index in [4.69, 9.17) is 0 Å². The van der Waals surface area contributed by atoms with Crippen molar-refractivity contribution in [1.29, 1.82) is 0 Å². The number of likely N-dealkylation sites (N-methyl/N-ethyl adjacent to an activating group) is 1. The summed E-state index contributed by atoms with van der Waals surface area (Å²) in [5.74, 6) is -0.576. The summed E-state index contributed by atoms with van der Waals surface area (Å²) in [6, 6.07) is 15.8. The molecule has 1 aliphatic rings. The number of carbonyl (C=O) groups excluding carboxylic acids is 2. The van der Waals surface area contributed by atoms with Gasteiger partial charge in [-0.3, -0.25) is 9.59 Å². The average molecular weight is 322 g/mol. The number of aryl methyl sites for hydroxylation is 2. The lowest BCUT2D eigenvalue weighted by Gasteiger charge is -2.28. The Morgan fingerprint density at radius 1 is 0.958 bits per heavy atom. The van der Waals surface area contributed by atoms with Crippen molar-refractivity contribution in [3.63, 3.8) is 0 Å². The quantitative estimate of drug-likeness (QED) is 0.910.